The standard InChI is InChI=1S/C11H15NO3.C8H16O.C5H11N/c1-12-7-9(13)8-2-3-10-11(6-8)15-5-4-14-10;1-2-3-4-5-6-7-8-9;1-6-4-2-3-5-6/h2-3,6,9,12-13H,4-5,7H2,1H3;8H,2-7H2,1H3;2-5H2,1H3. The first-order chi connectivity index (χ1) is 14.6. The number of carbonyl (C=O) groups is 1. The molecule has 0 saturated carbocycles. The van der Waals surface area contributed by atoms with E-state index >= 15 is 0 Å². The number of carbonyl (C=O) groups excluding carboxylic acids is 1. The maximum absolute atomic E-state index is 9.84. The Morgan fingerprint density at radius 3 is 2.33 bits per heavy atom. The molecule has 0 bridgehead atoms. The summed E-state index contributed by atoms with van der Waals surface area (Å²) >= 11 is 0. The smallest absolute Gasteiger partial charge is 0.161 e. The Bertz CT molecular complexity index is 562. The first-order valence-corrected chi connectivity index (χ1v) is 11.5. The van der Waals surface area contributed by atoms with Gasteiger partial charge in [0.05, 0.1) is 6.10 Å². The first kappa shape index (κ1) is 26.4. The van der Waals surface area contributed by atoms with Gasteiger partial charge in [-0.1, -0.05) is 38.7 Å². The van der Waals surface area contributed by atoms with Gasteiger partial charge in [0.25, 0.3) is 0 Å². The van der Waals surface area contributed by atoms with Crippen LogP contribution in [0.1, 0.15) is 70.0 Å². The molecule has 1 aromatic carbocycles. The van der Waals surface area contributed by atoms with E-state index in [9.17, 15) is 9.90 Å². The van der Waals surface area contributed by atoms with Crippen molar-refractivity contribution in [2.45, 2.75) is 64.4 Å². The number of aliphatic hydroxyl groups excluding tert-OH is 1. The molecule has 1 unspecified atom stereocenters. The Morgan fingerprint density at radius 2 is 1.77 bits per heavy atom. The van der Waals surface area contributed by atoms with Crippen molar-refractivity contribution in [3.63, 3.8) is 0 Å². The number of ether oxygens (including phenoxy) is 2. The normalized spacial score (nSPS) is 16.0. The lowest BCUT2D eigenvalue weighted by atomic mass is 10.1. The van der Waals surface area contributed by atoms with Crippen molar-refractivity contribution in [2.24, 2.45) is 0 Å². The molecule has 0 aromatic heterocycles. The number of hydrogen-bond acceptors (Lipinski definition) is 6. The van der Waals surface area contributed by atoms with Crippen molar-refractivity contribution in [1.82, 2.24) is 10.2 Å². The van der Waals surface area contributed by atoms with Gasteiger partial charge < -0.3 is 29.6 Å². The molecule has 6 nitrogen and oxygen atoms in total. The minimum atomic E-state index is -0.508. The van der Waals surface area contributed by atoms with Gasteiger partial charge >= 0.3 is 0 Å². The molecule has 2 N–H and O–H groups in total. The molecule has 6 heteroatoms. The van der Waals surface area contributed by atoms with Crippen LogP contribution in [0.15, 0.2) is 18.2 Å². The van der Waals surface area contributed by atoms with Crippen molar-refractivity contribution >= 4 is 6.29 Å². The Kier molecular flexibility index (Phi) is 15.0. The second-order valence-corrected chi connectivity index (χ2v) is 7.86. The van der Waals surface area contributed by atoms with Crippen molar-refractivity contribution in [3.8, 4) is 11.5 Å². The van der Waals surface area contributed by atoms with Crippen LogP contribution in [0.2, 0.25) is 0 Å². The van der Waals surface area contributed by atoms with Gasteiger partial charge in [-0.2, -0.15) is 0 Å². The van der Waals surface area contributed by atoms with E-state index in [1.807, 2.05) is 18.2 Å². The summed E-state index contributed by atoms with van der Waals surface area (Å²) in [5, 5.41) is 12.7. The Morgan fingerprint density at radius 1 is 1.10 bits per heavy atom. The van der Waals surface area contributed by atoms with Crippen LogP contribution in [-0.2, 0) is 4.79 Å². The average molecular weight is 423 g/mol. The number of likely N-dealkylation sites (N-methyl/N-ethyl adjacent to an activating group) is 1. The third-order valence-corrected chi connectivity index (χ3v) is 5.10. The molecule has 0 radical (unpaired) electrons. The summed E-state index contributed by atoms with van der Waals surface area (Å²) in [6.07, 6.45) is 10.3. The van der Waals surface area contributed by atoms with Gasteiger partial charge in [0.15, 0.2) is 11.5 Å². The highest BCUT2D eigenvalue weighted by atomic mass is 16.6. The number of fused-ring (bicyclic) bond motifs is 1. The van der Waals surface area contributed by atoms with Crippen molar-refractivity contribution in [3.05, 3.63) is 23.8 Å². The van der Waals surface area contributed by atoms with E-state index in [-0.39, 0.29) is 0 Å². The van der Waals surface area contributed by atoms with E-state index in [2.05, 4.69) is 24.2 Å². The highest BCUT2D eigenvalue weighted by Crippen LogP contribution is 2.32. The number of rotatable bonds is 9. The van der Waals surface area contributed by atoms with Crippen molar-refractivity contribution < 1.29 is 19.4 Å². The van der Waals surface area contributed by atoms with Gasteiger partial charge in [0.2, 0.25) is 0 Å². The predicted molar refractivity (Wildman–Crippen MR) is 122 cm³/mol. The Labute approximate surface area is 182 Å². The van der Waals surface area contributed by atoms with E-state index in [1.165, 1.54) is 51.6 Å². The van der Waals surface area contributed by atoms with Gasteiger partial charge in [-0.05, 0) is 64.1 Å². The molecular weight excluding hydrogens is 380 g/mol. The van der Waals surface area contributed by atoms with Crippen molar-refractivity contribution in [2.75, 3.05) is 46.9 Å². The maximum atomic E-state index is 9.84. The van der Waals surface area contributed by atoms with Crippen LogP contribution in [0.5, 0.6) is 11.5 Å². The quantitative estimate of drug-likeness (QED) is 0.464. The summed E-state index contributed by atoms with van der Waals surface area (Å²) in [6.45, 7) is 6.52. The summed E-state index contributed by atoms with van der Waals surface area (Å²) in [5.41, 5.74) is 0.841. The number of nitrogens with one attached hydrogen (secondary N) is 1. The Hall–Kier alpha value is -1.63. The molecule has 1 saturated heterocycles. The number of hydrogen-bond donors (Lipinski definition) is 2. The molecule has 0 aliphatic carbocycles. The third-order valence-electron chi connectivity index (χ3n) is 5.10. The number of aldehydes is 1. The lowest BCUT2D eigenvalue weighted by Gasteiger charge is -2.20. The van der Waals surface area contributed by atoms with Crippen LogP contribution in [-0.4, -0.2) is 63.2 Å². The van der Waals surface area contributed by atoms with E-state index in [0.29, 0.717) is 25.5 Å². The number of nitrogens with zero attached hydrogens (tertiary/aromatic N) is 1. The lowest BCUT2D eigenvalue weighted by Crippen LogP contribution is -2.18. The minimum absolute atomic E-state index is 0.508. The molecule has 2 heterocycles. The molecule has 0 amide bonds. The van der Waals surface area contributed by atoms with Gasteiger partial charge in [-0.3, -0.25) is 0 Å². The molecule has 3 rings (SSSR count). The molecule has 2 aliphatic rings. The van der Waals surface area contributed by atoms with Crippen molar-refractivity contribution in [1.29, 1.82) is 0 Å². The van der Waals surface area contributed by atoms with E-state index in [0.717, 1.165) is 30.4 Å². The van der Waals surface area contributed by atoms with Gasteiger partial charge in [0.1, 0.15) is 19.5 Å². The largest absolute Gasteiger partial charge is 0.486 e. The minimum Gasteiger partial charge on any atom is -0.486 e. The molecule has 30 heavy (non-hydrogen) atoms. The first-order valence-electron chi connectivity index (χ1n) is 11.5. The van der Waals surface area contributed by atoms with Crippen LogP contribution in [0.3, 0.4) is 0 Å². The highest BCUT2D eigenvalue weighted by molar-refractivity contribution is 5.48. The average Bonchev–Trinajstić information content (AvgIpc) is 3.25. The lowest BCUT2D eigenvalue weighted by molar-refractivity contribution is -0.107. The summed E-state index contributed by atoms with van der Waals surface area (Å²) in [7, 11) is 3.98. The van der Waals surface area contributed by atoms with Crippen LogP contribution >= 0.6 is 0 Å². The number of likely N-dealkylation sites (tertiary alicyclic amines) is 1. The summed E-state index contributed by atoms with van der Waals surface area (Å²) in [6, 6.07) is 5.52. The predicted octanol–water partition coefficient (Wildman–Crippen LogP) is 3.97. The number of unbranched alkanes of at least 4 members (excludes halogenated alkanes) is 5. The molecule has 1 atom stereocenters. The van der Waals surface area contributed by atoms with E-state index in [4.69, 9.17) is 9.47 Å². The fourth-order valence-corrected chi connectivity index (χ4v) is 3.28. The monoisotopic (exact) mass is 422 g/mol. The Balaban J connectivity index is 0.000000255. The molecule has 1 fully saturated rings. The molecule has 1 aromatic rings. The molecular formula is C24H42N2O4. The van der Waals surface area contributed by atoms with Gasteiger partial charge in [-0.15, -0.1) is 0 Å². The summed E-state index contributed by atoms with van der Waals surface area (Å²) < 4.78 is 10.8. The molecule has 0 spiro atoms. The topological polar surface area (TPSA) is 71.0 Å². The zero-order valence-corrected chi connectivity index (χ0v) is 19.2. The number of aliphatic hydroxyl groups is 1. The zero-order valence-electron chi connectivity index (χ0n) is 19.2. The highest BCUT2D eigenvalue weighted by Gasteiger charge is 2.14. The van der Waals surface area contributed by atoms with Gasteiger partial charge in [-0.25, -0.2) is 0 Å². The zero-order chi connectivity index (χ0) is 22.0. The fraction of sp³-hybridized carbons (Fsp3) is 0.708. The molecule has 172 valence electrons. The van der Waals surface area contributed by atoms with E-state index in [1.54, 1.807) is 7.05 Å². The number of benzene rings is 1. The van der Waals surface area contributed by atoms with Crippen LogP contribution in [0.4, 0.5) is 0 Å². The van der Waals surface area contributed by atoms with Gasteiger partial charge in [0, 0.05) is 13.0 Å². The third kappa shape index (κ3) is 11.5. The second-order valence-electron chi connectivity index (χ2n) is 7.86. The summed E-state index contributed by atoms with van der Waals surface area (Å²) in [5.74, 6) is 1.47. The molecule has 2 aliphatic heterocycles. The summed E-state index contributed by atoms with van der Waals surface area (Å²) in [4.78, 5) is 12.2. The van der Waals surface area contributed by atoms with E-state index < -0.39 is 6.10 Å². The second kappa shape index (κ2) is 17.1. The van der Waals surface area contributed by atoms with Crippen LogP contribution < -0.4 is 14.8 Å². The maximum Gasteiger partial charge on any atom is 0.161 e. The SMILES string of the molecule is CCCCCCCC=O.CN1CCCC1.CNCC(O)c1ccc2c(c1)OCCO2. The van der Waals surface area contributed by atoms with Crippen LogP contribution in [0.25, 0.3) is 0 Å². The van der Waals surface area contributed by atoms with Crippen LogP contribution in [0, 0.1) is 0 Å². The fourth-order valence-electron chi connectivity index (χ4n) is 3.28.